The summed E-state index contributed by atoms with van der Waals surface area (Å²) in [4.78, 5) is 29.7. The molecule has 2 aromatic heterocycles. The number of benzene rings is 2. The van der Waals surface area contributed by atoms with Crippen molar-refractivity contribution in [3.05, 3.63) is 106 Å². The molecule has 13 heteroatoms. The second-order valence-electron chi connectivity index (χ2n) is 10.9. The molecule has 0 radical (unpaired) electrons. The Morgan fingerprint density at radius 1 is 1.09 bits per heavy atom. The molecule has 0 spiro atoms. The monoisotopic (exact) mass is 613 g/mol. The Morgan fingerprint density at radius 2 is 1.82 bits per heavy atom. The van der Waals surface area contributed by atoms with Gasteiger partial charge in [-0.15, -0.1) is 0 Å². The van der Waals surface area contributed by atoms with Gasteiger partial charge >= 0.3 is 0 Å². The number of carbonyl (C=O) groups is 2. The van der Waals surface area contributed by atoms with Crippen molar-refractivity contribution in [1.29, 1.82) is 0 Å². The summed E-state index contributed by atoms with van der Waals surface area (Å²) in [6.45, 7) is 0.921. The summed E-state index contributed by atoms with van der Waals surface area (Å²) in [7, 11) is 0. The van der Waals surface area contributed by atoms with Gasteiger partial charge in [-0.2, -0.15) is 5.10 Å². The largest absolute Gasteiger partial charge is 0.384 e. The SMILES string of the molecule is CC1(O)CCCc2c(C(F)F)nn(CC(=O)N[C@@H](Cc3cc(F)cc(F)c3)c3ncccc3-c3ccc(F)c(C(N)=O)c3)c21. The number of halogens is 5. The Hall–Kier alpha value is -4.65. The smallest absolute Gasteiger partial charge is 0.282 e. The van der Waals surface area contributed by atoms with Crippen LogP contribution in [0.25, 0.3) is 11.1 Å². The van der Waals surface area contributed by atoms with Crippen LogP contribution in [0.5, 0.6) is 0 Å². The molecular formula is C31H28F5N5O3. The number of aromatic nitrogens is 3. The lowest BCUT2D eigenvalue weighted by atomic mass is 9.84. The Kier molecular flexibility index (Phi) is 8.51. The van der Waals surface area contributed by atoms with Crippen LogP contribution in [0.3, 0.4) is 0 Å². The van der Waals surface area contributed by atoms with E-state index in [9.17, 15) is 36.6 Å². The zero-order valence-electron chi connectivity index (χ0n) is 23.5. The van der Waals surface area contributed by atoms with Crippen molar-refractivity contribution in [3.63, 3.8) is 0 Å². The molecule has 2 atom stereocenters. The summed E-state index contributed by atoms with van der Waals surface area (Å²) in [6.07, 6.45) is -0.652. The molecule has 44 heavy (non-hydrogen) atoms. The van der Waals surface area contributed by atoms with Crippen LogP contribution in [-0.2, 0) is 29.8 Å². The third kappa shape index (κ3) is 6.32. The molecule has 1 unspecified atom stereocenters. The van der Waals surface area contributed by atoms with Crippen molar-refractivity contribution in [3.8, 4) is 11.1 Å². The number of alkyl halides is 2. The molecule has 8 nitrogen and oxygen atoms in total. The Bertz CT molecular complexity index is 1720. The van der Waals surface area contributed by atoms with Crippen molar-refractivity contribution >= 4 is 11.8 Å². The Balaban J connectivity index is 1.54. The average Bonchev–Trinajstić information content (AvgIpc) is 3.32. The molecule has 0 fully saturated rings. The molecule has 2 aromatic carbocycles. The number of hydrogen-bond donors (Lipinski definition) is 3. The van der Waals surface area contributed by atoms with Crippen LogP contribution in [0.15, 0.2) is 54.7 Å². The standard InChI is InChI=1S/C31H28F5N5O3/c1-31(44)8-2-4-21-27(29(35)36)40-41(28(21)31)15-25(42)39-24(12-16-10-18(32)14-19(33)11-16)26-20(5-3-9-38-26)17-6-7-23(34)22(13-17)30(37)43/h3,5-7,9-11,13-14,24,29,44H,2,4,8,12,15H2,1H3,(H2,37,43)(H,39,42)/t24-,31?/m0/s1. The molecule has 2 amide bonds. The number of aliphatic hydroxyl groups is 1. The lowest BCUT2D eigenvalue weighted by Crippen LogP contribution is -2.36. The Labute approximate surface area is 248 Å². The molecule has 4 N–H and O–H groups in total. The van der Waals surface area contributed by atoms with E-state index in [0.29, 0.717) is 23.6 Å². The lowest BCUT2D eigenvalue weighted by Gasteiger charge is -2.30. The molecule has 5 rings (SSSR count). The van der Waals surface area contributed by atoms with E-state index in [1.54, 1.807) is 12.1 Å². The van der Waals surface area contributed by atoms with E-state index < -0.39 is 59.6 Å². The van der Waals surface area contributed by atoms with Gasteiger partial charge in [0.2, 0.25) is 5.91 Å². The minimum Gasteiger partial charge on any atom is -0.384 e. The minimum atomic E-state index is -2.92. The minimum absolute atomic E-state index is 0.127. The maximum Gasteiger partial charge on any atom is 0.282 e. The average molecular weight is 614 g/mol. The maximum absolute atomic E-state index is 14.2. The lowest BCUT2D eigenvalue weighted by molar-refractivity contribution is -0.122. The topological polar surface area (TPSA) is 123 Å². The number of primary amides is 1. The van der Waals surface area contributed by atoms with Gasteiger partial charge in [-0.05, 0) is 74.1 Å². The van der Waals surface area contributed by atoms with Gasteiger partial charge in [0.15, 0.2) is 0 Å². The van der Waals surface area contributed by atoms with Crippen molar-refractivity contribution < 1.29 is 36.6 Å². The fourth-order valence-electron chi connectivity index (χ4n) is 5.76. The fourth-order valence-corrected chi connectivity index (χ4v) is 5.76. The molecule has 1 aliphatic rings. The van der Waals surface area contributed by atoms with Crippen LogP contribution >= 0.6 is 0 Å². The number of nitrogens with zero attached hydrogens (tertiary/aromatic N) is 3. The highest BCUT2D eigenvalue weighted by molar-refractivity contribution is 5.94. The summed E-state index contributed by atoms with van der Waals surface area (Å²) in [5.74, 6) is -4.25. The van der Waals surface area contributed by atoms with Gasteiger partial charge in [-0.3, -0.25) is 19.3 Å². The molecule has 0 bridgehead atoms. The number of fused-ring (bicyclic) bond motifs is 1. The number of hydrogen-bond acceptors (Lipinski definition) is 5. The van der Waals surface area contributed by atoms with Crippen molar-refractivity contribution in [2.24, 2.45) is 5.73 Å². The predicted octanol–water partition coefficient (Wildman–Crippen LogP) is 5.04. The zero-order valence-corrected chi connectivity index (χ0v) is 23.5. The van der Waals surface area contributed by atoms with Crippen molar-refractivity contribution in [2.45, 2.75) is 57.2 Å². The molecule has 4 aromatic rings. The number of carbonyl (C=O) groups excluding carboxylic acids is 2. The van der Waals surface area contributed by atoms with Gasteiger partial charge in [-0.1, -0.05) is 12.1 Å². The second-order valence-corrected chi connectivity index (χ2v) is 10.9. The zero-order chi connectivity index (χ0) is 31.8. The highest BCUT2D eigenvalue weighted by Gasteiger charge is 2.38. The number of amides is 2. The first kappa shape index (κ1) is 30.8. The van der Waals surface area contributed by atoms with Crippen LogP contribution in [0.1, 0.15) is 70.8 Å². The van der Waals surface area contributed by atoms with E-state index in [1.165, 1.54) is 25.3 Å². The van der Waals surface area contributed by atoms with Gasteiger partial charge in [0, 0.05) is 23.4 Å². The number of rotatable bonds is 9. The van der Waals surface area contributed by atoms with Gasteiger partial charge < -0.3 is 16.2 Å². The summed E-state index contributed by atoms with van der Waals surface area (Å²) in [5.41, 5.74) is 4.32. The van der Waals surface area contributed by atoms with Crippen LogP contribution in [-0.4, -0.2) is 31.7 Å². The van der Waals surface area contributed by atoms with Crippen molar-refractivity contribution in [2.75, 3.05) is 0 Å². The quantitative estimate of drug-likeness (QED) is 0.228. The van der Waals surface area contributed by atoms with Crippen LogP contribution in [0.2, 0.25) is 0 Å². The number of nitrogens with one attached hydrogen (secondary N) is 1. The van der Waals surface area contributed by atoms with E-state index in [0.717, 1.165) is 22.9 Å². The van der Waals surface area contributed by atoms with Gasteiger partial charge in [0.25, 0.3) is 12.3 Å². The van der Waals surface area contributed by atoms with E-state index >= 15 is 0 Å². The maximum atomic E-state index is 14.2. The summed E-state index contributed by atoms with van der Waals surface area (Å²) in [6, 6.07) is 8.64. The predicted molar refractivity (Wildman–Crippen MR) is 149 cm³/mol. The molecule has 2 heterocycles. The van der Waals surface area contributed by atoms with Gasteiger partial charge in [0.05, 0.1) is 23.0 Å². The molecule has 230 valence electrons. The van der Waals surface area contributed by atoms with Crippen LogP contribution in [0, 0.1) is 17.5 Å². The number of pyridine rings is 1. The highest BCUT2D eigenvalue weighted by Crippen LogP contribution is 2.39. The molecule has 0 aliphatic heterocycles. The van der Waals surface area contributed by atoms with Gasteiger partial charge in [-0.25, -0.2) is 22.0 Å². The van der Waals surface area contributed by atoms with E-state index in [-0.39, 0.29) is 47.3 Å². The summed E-state index contributed by atoms with van der Waals surface area (Å²) < 4.78 is 71.2. The normalized spacial score (nSPS) is 16.9. The first-order valence-electron chi connectivity index (χ1n) is 13.7. The van der Waals surface area contributed by atoms with E-state index in [1.807, 2.05) is 0 Å². The summed E-state index contributed by atoms with van der Waals surface area (Å²) >= 11 is 0. The first-order chi connectivity index (χ1) is 20.8. The molecule has 0 saturated heterocycles. The summed E-state index contributed by atoms with van der Waals surface area (Å²) in [5, 5.41) is 17.7. The second kappa shape index (κ2) is 12.2. The van der Waals surface area contributed by atoms with Gasteiger partial charge in [0.1, 0.15) is 35.3 Å². The third-order valence-corrected chi connectivity index (χ3v) is 7.59. The first-order valence-corrected chi connectivity index (χ1v) is 13.7. The molecule has 0 saturated carbocycles. The fraction of sp³-hybridized carbons (Fsp3) is 0.290. The van der Waals surface area contributed by atoms with Crippen LogP contribution in [0.4, 0.5) is 22.0 Å². The van der Waals surface area contributed by atoms with E-state index in [4.69, 9.17) is 5.73 Å². The highest BCUT2D eigenvalue weighted by atomic mass is 19.3. The number of nitrogens with two attached hydrogens (primary N) is 1. The molecule has 1 aliphatic carbocycles. The third-order valence-electron chi connectivity index (χ3n) is 7.59. The van der Waals surface area contributed by atoms with Crippen LogP contribution < -0.4 is 11.1 Å². The van der Waals surface area contributed by atoms with Crippen molar-refractivity contribution in [1.82, 2.24) is 20.1 Å². The molecular weight excluding hydrogens is 585 g/mol. The van der Waals surface area contributed by atoms with E-state index in [2.05, 4.69) is 15.4 Å². The Morgan fingerprint density at radius 3 is 2.50 bits per heavy atom.